The van der Waals surface area contributed by atoms with Gasteiger partial charge in [-0.3, -0.25) is 4.79 Å². The number of hydrogen-bond donors (Lipinski definition) is 0. The molecule has 0 saturated carbocycles. The van der Waals surface area contributed by atoms with Crippen molar-refractivity contribution in [1.82, 2.24) is 9.88 Å². The molecule has 1 saturated heterocycles. The highest BCUT2D eigenvalue weighted by molar-refractivity contribution is 5.97. The summed E-state index contributed by atoms with van der Waals surface area (Å²) in [7, 11) is 0. The molecule has 1 aromatic carbocycles. The Bertz CT molecular complexity index is 860. The maximum Gasteiger partial charge on any atom is 0.257 e. The van der Waals surface area contributed by atoms with Gasteiger partial charge in [0.1, 0.15) is 11.9 Å². The second-order valence-electron chi connectivity index (χ2n) is 7.75. The Morgan fingerprint density at radius 1 is 1.26 bits per heavy atom. The summed E-state index contributed by atoms with van der Waals surface area (Å²) in [6, 6.07) is 8.64. The van der Waals surface area contributed by atoms with Crippen molar-refractivity contribution in [2.45, 2.75) is 38.2 Å². The van der Waals surface area contributed by atoms with Crippen LogP contribution in [-0.2, 0) is 5.41 Å². The number of benzene rings is 1. The first-order chi connectivity index (χ1) is 13.0. The van der Waals surface area contributed by atoms with Gasteiger partial charge in [-0.1, -0.05) is 26.0 Å². The van der Waals surface area contributed by atoms with Crippen molar-refractivity contribution in [1.29, 1.82) is 0 Å². The van der Waals surface area contributed by atoms with E-state index in [9.17, 15) is 9.18 Å². The number of halogens is 1. The molecule has 0 aliphatic carbocycles. The van der Waals surface area contributed by atoms with Gasteiger partial charge in [-0.25, -0.2) is 9.37 Å². The van der Waals surface area contributed by atoms with Crippen LogP contribution in [0, 0.1) is 5.82 Å². The Labute approximate surface area is 158 Å². The van der Waals surface area contributed by atoms with Crippen molar-refractivity contribution in [3.63, 3.8) is 0 Å². The predicted octanol–water partition coefficient (Wildman–Crippen LogP) is 3.57. The second kappa shape index (κ2) is 6.83. The van der Waals surface area contributed by atoms with E-state index in [0.29, 0.717) is 43.9 Å². The fraction of sp³-hybridized carbons (Fsp3) is 0.429. The average molecular weight is 370 g/mol. The van der Waals surface area contributed by atoms with Crippen LogP contribution in [0.15, 0.2) is 36.5 Å². The van der Waals surface area contributed by atoms with Crippen molar-refractivity contribution < 1.29 is 18.7 Å². The molecule has 1 fully saturated rings. The molecular weight excluding hydrogens is 347 g/mol. The molecule has 4 rings (SSSR count). The lowest BCUT2D eigenvalue weighted by molar-refractivity contribution is 0.0576. The van der Waals surface area contributed by atoms with E-state index in [1.54, 1.807) is 0 Å². The highest BCUT2D eigenvalue weighted by Crippen LogP contribution is 2.41. The average Bonchev–Trinajstić information content (AvgIpc) is 2.99. The molecule has 2 aliphatic heterocycles. The lowest BCUT2D eigenvalue weighted by Crippen LogP contribution is -2.42. The Kier molecular flexibility index (Phi) is 4.50. The van der Waals surface area contributed by atoms with Gasteiger partial charge in [0.15, 0.2) is 5.82 Å². The summed E-state index contributed by atoms with van der Waals surface area (Å²) < 4.78 is 25.2. The number of carbonyl (C=O) groups is 1. The molecule has 0 radical (unpaired) electrons. The maximum absolute atomic E-state index is 13.7. The topological polar surface area (TPSA) is 51.7 Å². The number of rotatable bonds is 3. The molecule has 0 atom stereocenters. The Morgan fingerprint density at radius 2 is 2.04 bits per heavy atom. The number of likely N-dealkylation sites (tertiary alicyclic amines) is 1. The lowest BCUT2D eigenvalue weighted by atomic mass is 9.86. The van der Waals surface area contributed by atoms with Gasteiger partial charge in [0.2, 0.25) is 0 Å². The number of para-hydroxylation sites is 1. The molecule has 0 N–H and O–H groups in total. The normalized spacial score (nSPS) is 18.7. The van der Waals surface area contributed by atoms with Gasteiger partial charge in [-0.2, -0.15) is 0 Å². The minimum atomic E-state index is -0.462. The molecule has 3 heterocycles. The van der Waals surface area contributed by atoms with Crippen LogP contribution < -0.4 is 9.47 Å². The SMILES string of the molecule is CC1(C)COc2c(C(=O)N3CCC(Oc4ncccc4F)CC3)cccc21. The molecule has 6 heteroatoms. The number of piperidine rings is 1. The summed E-state index contributed by atoms with van der Waals surface area (Å²) in [5, 5.41) is 0. The van der Waals surface area contributed by atoms with Crippen LogP contribution in [0.2, 0.25) is 0 Å². The van der Waals surface area contributed by atoms with Crippen molar-refractivity contribution in [2.75, 3.05) is 19.7 Å². The monoisotopic (exact) mass is 370 g/mol. The van der Waals surface area contributed by atoms with E-state index in [-0.39, 0.29) is 23.3 Å². The van der Waals surface area contributed by atoms with Crippen molar-refractivity contribution >= 4 is 5.91 Å². The van der Waals surface area contributed by atoms with E-state index >= 15 is 0 Å². The molecule has 2 aromatic rings. The smallest absolute Gasteiger partial charge is 0.257 e. The lowest BCUT2D eigenvalue weighted by Gasteiger charge is -2.32. The summed E-state index contributed by atoms with van der Waals surface area (Å²) in [6.07, 6.45) is 2.65. The van der Waals surface area contributed by atoms with E-state index in [0.717, 1.165) is 5.56 Å². The minimum Gasteiger partial charge on any atom is -0.492 e. The molecule has 2 aliphatic rings. The number of amides is 1. The number of aromatic nitrogens is 1. The molecule has 1 aromatic heterocycles. The molecule has 27 heavy (non-hydrogen) atoms. The zero-order valence-corrected chi connectivity index (χ0v) is 15.6. The first-order valence-electron chi connectivity index (χ1n) is 9.28. The molecule has 5 nitrogen and oxygen atoms in total. The van der Waals surface area contributed by atoms with Gasteiger partial charge in [0.25, 0.3) is 11.8 Å². The molecule has 1 amide bonds. The van der Waals surface area contributed by atoms with E-state index in [4.69, 9.17) is 9.47 Å². The van der Waals surface area contributed by atoms with Crippen LogP contribution in [0.5, 0.6) is 11.6 Å². The number of carbonyl (C=O) groups excluding carboxylic acids is 1. The predicted molar refractivity (Wildman–Crippen MR) is 98.7 cm³/mol. The highest BCUT2D eigenvalue weighted by Gasteiger charge is 2.36. The first-order valence-corrected chi connectivity index (χ1v) is 9.28. The quantitative estimate of drug-likeness (QED) is 0.829. The fourth-order valence-corrected chi connectivity index (χ4v) is 3.69. The maximum atomic E-state index is 13.7. The van der Waals surface area contributed by atoms with Crippen LogP contribution in [0.1, 0.15) is 42.6 Å². The zero-order valence-electron chi connectivity index (χ0n) is 15.6. The van der Waals surface area contributed by atoms with E-state index in [2.05, 4.69) is 18.8 Å². The van der Waals surface area contributed by atoms with Crippen molar-refractivity contribution in [3.05, 3.63) is 53.5 Å². The van der Waals surface area contributed by atoms with Crippen molar-refractivity contribution in [2.24, 2.45) is 0 Å². The summed E-state index contributed by atoms with van der Waals surface area (Å²) >= 11 is 0. The Balaban J connectivity index is 1.43. The van der Waals surface area contributed by atoms with Gasteiger partial charge < -0.3 is 14.4 Å². The Morgan fingerprint density at radius 3 is 2.78 bits per heavy atom. The van der Waals surface area contributed by atoms with E-state index in [1.807, 2.05) is 23.1 Å². The zero-order chi connectivity index (χ0) is 19.0. The molecule has 0 spiro atoms. The number of nitrogens with zero attached hydrogens (tertiary/aromatic N) is 2. The van der Waals surface area contributed by atoms with Crippen LogP contribution in [0.4, 0.5) is 4.39 Å². The van der Waals surface area contributed by atoms with Crippen LogP contribution in [0.25, 0.3) is 0 Å². The molecule has 0 unspecified atom stereocenters. The number of ether oxygens (including phenoxy) is 2. The number of pyridine rings is 1. The van der Waals surface area contributed by atoms with E-state index < -0.39 is 5.82 Å². The number of hydrogen-bond acceptors (Lipinski definition) is 4. The van der Waals surface area contributed by atoms with Crippen molar-refractivity contribution in [3.8, 4) is 11.6 Å². The highest BCUT2D eigenvalue weighted by atomic mass is 19.1. The van der Waals surface area contributed by atoms with Gasteiger partial charge in [0.05, 0.1) is 12.2 Å². The minimum absolute atomic E-state index is 0.0213. The van der Waals surface area contributed by atoms with Crippen LogP contribution in [0.3, 0.4) is 0 Å². The van der Waals surface area contributed by atoms with Gasteiger partial charge in [0, 0.05) is 43.1 Å². The van der Waals surface area contributed by atoms with Gasteiger partial charge >= 0.3 is 0 Å². The largest absolute Gasteiger partial charge is 0.492 e. The molecule has 142 valence electrons. The van der Waals surface area contributed by atoms with Crippen LogP contribution >= 0.6 is 0 Å². The van der Waals surface area contributed by atoms with E-state index in [1.165, 1.54) is 18.3 Å². The molecular formula is C21H23FN2O3. The third kappa shape index (κ3) is 3.36. The summed E-state index contributed by atoms with van der Waals surface area (Å²) in [6.45, 7) is 5.94. The standard InChI is InChI=1S/C21H23FN2O3/c1-21(2)13-26-18-15(5-3-6-16(18)21)20(25)24-11-8-14(9-12-24)27-19-17(22)7-4-10-23-19/h3-7,10,14H,8-9,11-13H2,1-2H3. The summed E-state index contributed by atoms with van der Waals surface area (Å²) in [5.41, 5.74) is 1.62. The second-order valence-corrected chi connectivity index (χ2v) is 7.75. The molecule has 0 bridgehead atoms. The van der Waals surface area contributed by atoms with Crippen LogP contribution in [-0.4, -0.2) is 41.6 Å². The first kappa shape index (κ1) is 17.8. The summed E-state index contributed by atoms with van der Waals surface area (Å²) in [5.74, 6) is 0.253. The summed E-state index contributed by atoms with van der Waals surface area (Å²) in [4.78, 5) is 18.8. The Hall–Kier alpha value is -2.63. The third-order valence-electron chi connectivity index (χ3n) is 5.28. The fourth-order valence-electron chi connectivity index (χ4n) is 3.69. The third-order valence-corrected chi connectivity index (χ3v) is 5.28. The number of fused-ring (bicyclic) bond motifs is 1. The van der Waals surface area contributed by atoms with Gasteiger partial charge in [-0.05, 0) is 18.2 Å². The van der Waals surface area contributed by atoms with Gasteiger partial charge in [-0.15, -0.1) is 0 Å².